The molecule has 0 aliphatic rings. The summed E-state index contributed by atoms with van der Waals surface area (Å²) in [7, 11) is -1.48. The Morgan fingerprint density at radius 3 is 1.64 bits per heavy atom. The fourth-order valence-electron chi connectivity index (χ4n) is 1.20. The van der Waals surface area contributed by atoms with Gasteiger partial charge in [-0.05, 0) is 0 Å². The molecule has 5 heteroatoms. The molecule has 0 aliphatic heterocycles. The van der Waals surface area contributed by atoms with Crippen molar-refractivity contribution in [3.8, 4) is 0 Å². The highest BCUT2D eigenvalue weighted by atomic mass is 28.3. The second kappa shape index (κ2) is 3.46. The molecule has 0 saturated carbocycles. The molecule has 0 bridgehead atoms. The number of hydrogen-bond donors (Lipinski definition) is 0. The van der Waals surface area contributed by atoms with Gasteiger partial charge >= 0.3 is 6.98 Å². The van der Waals surface area contributed by atoms with E-state index in [2.05, 4.69) is 19.6 Å². The maximum absolute atomic E-state index is 12.3. The summed E-state index contributed by atoms with van der Waals surface area (Å²) < 4.78 is 36.9. The van der Waals surface area contributed by atoms with Gasteiger partial charge in [-0.3, -0.25) is 0 Å². The van der Waals surface area contributed by atoms with Gasteiger partial charge in [0.25, 0.3) is 0 Å². The zero-order valence-electron chi connectivity index (χ0n) is 8.52. The van der Waals surface area contributed by atoms with Crippen LogP contribution in [0.25, 0.3) is 0 Å². The summed E-state index contributed by atoms with van der Waals surface area (Å²) in [4.78, 5) is 0. The monoisotopic (exact) mass is 217 g/mol. The van der Waals surface area contributed by atoms with Crippen LogP contribution in [0.4, 0.5) is 12.9 Å². The van der Waals surface area contributed by atoms with E-state index >= 15 is 0 Å². The molecule has 1 aromatic rings. The zero-order valence-corrected chi connectivity index (χ0v) is 9.52. The molecule has 0 nitrogen and oxygen atoms in total. The molecule has 78 valence electrons. The van der Waals surface area contributed by atoms with Crippen molar-refractivity contribution in [3.05, 3.63) is 24.3 Å². The van der Waals surface area contributed by atoms with Crippen molar-refractivity contribution >= 4 is 25.7 Å². The SMILES string of the molecule is C[Si](C)(C)c1ccc([B-](F)(F)F)cc1. The number of hydrogen-bond acceptors (Lipinski definition) is 0. The summed E-state index contributed by atoms with van der Waals surface area (Å²) in [5.74, 6) is 0. The predicted octanol–water partition coefficient (Wildman–Crippen LogP) is 2.29. The lowest BCUT2D eigenvalue weighted by Crippen LogP contribution is -2.40. The van der Waals surface area contributed by atoms with E-state index in [4.69, 9.17) is 0 Å². The summed E-state index contributed by atoms with van der Waals surface area (Å²) in [5, 5.41) is 1.06. The van der Waals surface area contributed by atoms with Crippen molar-refractivity contribution in [3.63, 3.8) is 0 Å². The first kappa shape index (κ1) is 11.4. The molecule has 1 aromatic carbocycles. The van der Waals surface area contributed by atoms with Crippen molar-refractivity contribution in [1.82, 2.24) is 0 Å². The molecular weight excluding hydrogens is 204 g/mol. The van der Waals surface area contributed by atoms with Crippen LogP contribution in [0.3, 0.4) is 0 Å². The normalized spacial score (nSPS) is 13.0. The minimum absolute atomic E-state index is 0.507. The molecule has 0 atom stereocenters. The highest BCUT2D eigenvalue weighted by Gasteiger charge is 2.25. The van der Waals surface area contributed by atoms with Gasteiger partial charge in [-0.25, -0.2) is 0 Å². The van der Waals surface area contributed by atoms with Crippen molar-refractivity contribution in [1.29, 1.82) is 0 Å². The molecule has 0 aromatic heterocycles. The average Bonchev–Trinajstić information content (AvgIpc) is 2.01. The summed E-state index contributed by atoms with van der Waals surface area (Å²) in [5.41, 5.74) is -0.507. The largest absolute Gasteiger partial charge is 0.509 e. The van der Waals surface area contributed by atoms with Crippen molar-refractivity contribution in [2.24, 2.45) is 0 Å². The third-order valence-electron chi connectivity index (χ3n) is 2.15. The van der Waals surface area contributed by atoms with Crippen LogP contribution in [-0.2, 0) is 0 Å². The van der Waals surface area contributed by atoms with E-state index in [0.29, 0.717) is 0 Å². The Hall–Kier alpha value is -0.708. The minimum atomic E-state index is -4.84. The maximum Gasteiger partial charge on any atom is 0.509 e. The Morgan fingerprint density at radius 2 is 1.36 bits per heavy atom. The second-order valence-electron chi connectivity index (χ2n) is 4.45. The predicted molar refractivity (Wildman–Crippen MR) is 58.1 cm³/mol. The van der Waals surface area contributed by atoms with Crippen molar-refractivity contribution < 1.29 is 12.9 Å². The van der Waals surface area contributed by atoms with Gasteiger partial charge in [0.2, 0.25) is 0 Å². The van der Waals surface area contributed by atoms with E-state index in [9.17, 15) is 12.9 Å². The van der Waals surface area contributed by atoms with Gasteiger partial charge in [-0.2, -0.15) is 0 Å². The van der Waals surface area contributed by atoms with Crippen LogP contribution in [0.15, 0.2) is 24.3 Å². The van der Waals surface area contributed by atoms with Crippen LogP contribution in [0.5, 0.6) is 0 Å². The highest BCUT2D eigenvalue weighted by Crippen LogP contribution is 2.08. The molecular formula is C9H13BF3Si-. The van der Waals surface area contributed by atoms with E-state index in [0.717, 1.165) is 5.19 Å². The number of benzene rings is 1. The van der Waals surface area contributed by atoms with E-state index in [1.165, 1.54) is 12.1 Å². The Labute approximate surface area is 83.2 Å². The van der Waals surface area contributed by atoms with E-state index < -0.39 is 20.5 Å². The van der Waals surface area contributed by atoms with Crippen LogP contribution in [0.1, 0.15) is 0 Å². The first-order valence-electron chi connectivity index (χ1n) is 4.51. The summed E-state index contributed by atoms with van der Waals surface area (Å²) >= 11 is 0. The Bertz CT molecular complexity index is 277. The topological polar surface area (TPSA) is 0 Å². The molecule has 0 heterocycles. The second-order valence-corrected chi connectivity index (χ2v) is 9.52. The third-order valence-corrected chi connectivity index (χ3v) is 4.22. The van der Waals surface area contributed by atoms with Crippen LogP contribution in [0, 0.1) is 0 Å². The molecule has 0 aliphatic carbocycles. The first-order valence-corrected chi connectivity index (χ1v) is 8.01. The summed E-state index contributed by atoms with van der Waals surface area (Å²) in [6.45, 7) is 1.49. The molecule has 1 rings (SSSR count). The molecule has 0 radical (unpaired) electrons. The van der Waals surface area contributed by atoms with Crippen LogP contribution < -0.4 is 10.6 Å². The lowest BCUT2D eigenvalue weighted by molar-refractivity contribution is 0.501. The maximum atomic E-state index is 12.3. The zero-order chi connectivity index (χ0) is 11.0. The van der Waals surface area contributed by atoms with Gasteiger partial charge in [-0.15, -0.1) is 5.46 Å². The standard InChI is InChI=1S/C9H13BF3Si/c1-14(2,3)9-6-4-8(5-7-9)10(11,12)13/h4-7H,1-3H3/q-1. The van der Waals surface area contributed by atoms with Crippen molar-refractivity contribution in [2.75, 3.05) is 0 Å². The van der Waals surface area contributed by atoms with E-state index in [1.54, 1.807) is 12.1 Å². The third kappa shape index (κ3) is 2.64. The quantitative estimate of drug-likeness (QED) is 0.666. The molecule has 0 spiro atoms. The Morgan fingerprint density at radius 1 is 0.929 bits per heavy atom. The molecule has 0 saturated heterocycles. The van der Waals surface area contributed by atoms with Crippen LogP contribution in [0.2, 0.25) is 19.6 Å². The van der Waals surface area contributed by atoms with Gasteiger partial charge in [-0.1, -0.05) is 49.1 Å². The fourth-order valence-corrected chi connectivity index (χ4v) is 2.37. The Balaban J connectivity index is 3.02. The fraction of sp³-hybridized carbons (Fsp3) is 0.333. The molecule has 0 N–H and O–H groups in total. The van der Waals surface area contributed by atoms with Gasteiger partial charge in [0.05, 0.1) is 8.07 Å². The summed E-state index contributed by atoms with van der Waals surface area (Å²) in [6, 6.07) is 5.59. The number of rotatable bonds is 2. The summed E-state index contributed by atoms with van der Waals surface area (Å²) in [6.07, 6.45) is 0. The lowest BCUT2D eigenvalue weighted by Gasteiger charge is -2.19. The van der Waals surface area contributed by atoms with Gasteiger partial charge < -0.3 is 12.9 Å². The molecule has 14 heavy (non-hydrogen) atoms. The lowest BCUT2D eigenvalue weighted by atomic mass is 9.80. The van der Waals surface area contributed by atoms with E-state index in [-0.39, 0.29) is 0 Å². The molecule has 0 fully saturated rings. The number of halogens is 3. The Kier molecular flexibility index (Phi) is 2.81. The average molecular weight is 217 g/mol. The highest BCUT2D eigenvalue weighted by molar-refractivity contribution is 6.88. The smallest absolute Gasteiger partial charge is 0.445 e. The van der Waals surface area contributed by atoms with Gasteiger partial charge in [0, 0.05) is 0 Å². The van der Waals surface area contributed by atoms with Crippen molar-refractivity contribution in [2.45, 2.75) is 19.6 Å². The van der Waals surface area contributed by atoms with Gasteiger partial charge in [0.15, 0.2) is 0 Å². The molecule has 0 unspecified atom stereocenters. The van der Waals surface area contributed by atoms with Crippen LogP contribution >= 0.6 is 0 Å². The van der Waals surface area contributed by atoms with Gasteiger partial charge in [0.1, 0.15) is 0 Å². The molecule has 0 amide bonds. The first-order chi connectivity index (χ1) is 6.21. The van der Waals surface area contributed by atoms with Crippen LogP contribution in [-0.4, -0.2) is 15.1 Å². The van der Waals surface area contributed by atoms with E-state index in [1.807, 2.05) is 0 Å². The minimum Gasteiger partial charge on any atom is -0.445 e.